The summed E-state index contributed by atoms with van der Waals surface area (Å²) in [6, 6.07) is 13.8. The van der Waals surface area contributed by atoms with E-state index in [0.717, 1.165) is 5.39 Å². The molecule has 0 bridgehead atoms. The maximum atomic E-state index is 12.3. The predicted octanol–water partition coefficient (Wildman–Crippen LogP) is 2.83. The van der Waals surface area contributed by atoms with E-state index in [9.17, 15) is 13.2 Å². The van der Waals surface area contributed by atoms with Crippen LogP contribution in [0.1, 0.15) is 10.4 Å². The fraction of sp³-hybridized carbons (Fsp3) is 0.118. The van der Waals surface area contributed by atoms with Gasteiger partial charge in [-0.05, 0) is 42.5 Å². The summed E-state index contributed by atoms with van der Waals surface area (Å²) in [5.41, 5.74) is 2.37. The van der Waals surface area contributed by atoms with Crippen LogP contribution in [-0.2, 0) is 10.0 Å². The van der Waals surface area contributed by atoms with Crippen LogP contribution in [0.2, 0.25) is 0 Å². The molecule has 0 unspecified atom stereocenters. The molecule has 0 radical (unpaired) electrons. The number of nitrogens with one attached hydrogen (secondary N) is 1. The number of carbonyl (C=O) groups is 1. The average Bonchev–Trinajstić information content (AvgIpc) is 3.02. The quantitative estimate of drug-likeness (QED) is 0.794. The maximum absolute atomic E-state index is 12.3. The van der Waals surface area contributed by atoms with Crippen LogP contribution in [0.5, 0.6) is 0 Å². The van der Waals surface area contributed by atoms with Crippen LogP contribution in [0.25, 0.3) is 11.0 Å². The van der Waals surface area contributed by atoms with Gasteiger partial charge >= 0.3 is 0 Å². The zero-order valence-corrected chi connectivity index (χ0v) is 13.4. The molecule has 1 aromatic heterocycles. The summed E-state index contributed by atoms with van der Waals surface area (Å²) in [6.07, 6.45) is 1.60. The van der Waals surface area contributed by atoms with Crippen molar-refractivity contribution in [2.75, 3.05) is 21.9 Å². The molecule has 7 heteroatoms. The fourth-order valence-electron chi connectivity index (χ4n) is 2.64. The molecule has 1 fully saturated rings. The molecule has 4 rings (SSSR count). The third-order valence-corrected chi connectivity index (χ3v) is 5.78. The summed E-state index contributed by atoms with van der Waals surface area (Å²) in [7, 11) is -3.15. The maximum Gasteiger partial charge on any atom is 0.255 e. The van der Waals surface area contributed by atoms with Crippen LogP contribution in [0, 0.1) is 0 Å². The largest absolute Gasteiger partial charge is 0.464 e. The lowest BCUT2D eigenvalue weighted by atomic mass is 10.2. The van der Waals surface area contributed by atoms with Gasteiger partial charge in [-0.15, -0.1) is 0 Å². The Balaban J connectivity index is 1.51. The van der Waals surface area contributed by atoms with Crippen LogP contribution in [0.15, 0.2) is 59.2 Å². The molecule has 0 spiro atoms. The standard InChI is InChI=1S/C17H14N2O4S/c20-17(18-14-4-1-12-7-9-23-16(12)11-14)13-2-5-15(6-3-13)19-8-10-24(19,21)22/h1-7,9,11H,8,10H2,(H,18,20). The van der Waals surface area contributed by atoms with Gasteiger partial charge in [-0.2, -0.15) is 0 Å². The second kappa shape index (κ2) is 5.38. The molecule has 1 N–H and O–H groups in total. The van der Waals surface area contributed by atoms with E-state index in [1.807, 2.05) is 12.1 Å². The molecular formula is C17H14N2O4S. The van der Waals surface area contributed by atoms with Crippen molar-refractivity contribution in [2.24, 2.45) is 0 Å². The number of fused-ring (bicyclic) bond motifs is 1. The molecule has 2 aromatic carbocycles. The zero-order valence-electron chi connectivity index (χ0n) is 12.6. The van der Waals surface area contributed by atoms with Crippen molar-refractivity contribution in [3.8, 4) is 0 Å². The third-order valence-electron chi connectivity index (χ3n) is 4.02. The molecule has 1 aliphatic heterocycles. The van der Waals surface area contributed by atoms with Crippen molar-refractivity contribution in [1.82, 2.24) is 0 Å². The number of furan rings is 1. The molecule has 0 atom stereocenters. The van der Waals surface area contributed by atoms with Gasteiger partial charge in [0.15, 0.2) is 0 Å². The summed E-state index contributed by atoms with van der Waals surface area (Å²) < 4.78 is 29.8. The highest BCUT2D eigenvalue weighted by Crippen LogP contribution is 2.25. The summed E-state index contributed by atoms with van der Waals surface area (Å²) in [4.78, 5) is 12.3. The summed E-state index contributed by atoms with van der Waals surface area (Å²) in [5.74, 6) is -0.0938. The highest BCUT2D eigenvalue weighted by Gasteiger charge is 2.32. The van der Waals surface area contributed by atoms with Gasteiger partial charge in [-0.25, -0.2) is 8.42 Å². The van der Waals surface area contributed by atoms with Crippen molar-refractivity contribution in [3.05, 3.63) is 60.4 Å². The first-order chi connectivity index (χ1) is 11.5. The number of anilines is 2. The van der Waals surface area contributed by atoms with Gasteiger partial charge in [0.1, 0.15) is 5.58 Å². The topological polar surface area (TPSA) is 79.6 Å². The molecule has 3 aromatic rings. The molecule has 0 saturated carbocycles. The minimum atomic E-state index is -3.15. The molecule has 1 saturated heterocycles. The Morgan fingerprint density at radius 1 is 1.08 bits per heavy atom. The Labute approximate surface area is 138 Å². The Morgan fingerprint density at radius 3 is 2.54 bits per heavy atom. The molecule has 1 amide bonds. The van der Waals surface area contributed by atoms with Crippen LogP contribution in [0.3, 0.4) is 0 Å². The summed E-state index contributed by atoms with van der Waals surface area (Å²) in [5, 5.41) is 3.77. The van der Waals surface area contributed by atoms with E-state index in [4.69, 9.17) is 4.42 Å². The molecule has 1 aliphatic rings. The summed E-state index contributed by atoms with van der Waals surface area (Å²) >= 11 is 0. The van der Waals surface area contributed by atoms with Crippen molar-refractivity contribution in [3.63, 3.8) is 0 Å². The molecular weight excluding hydrogens is 328 g/mol. The number of hydrogen-bond donors (Lipinski definition) is 1. The molecule has 2 heterocycles. The first-order valence-corrected chi connectivity index (χ1v) is 9.03. The fourth-order valence-corrected chi connectivity index (χ4v) is 3.74. The zero-order chi connectivity index (χ0) is 16.7. The van der Waals surface area contributed by atoms with Crippen molar-refractivity contribution >= 4 is 38.3 Å². The van der Waals surface area contributed by atoms with Gasteiger partial charge in [-0.3, -0.25) is 9.10 Å². The van der Waals surface area contributed by atoms with Crippen LogP contribution in [0.4, 0.5) is 11.4 Å². The van der Waals surface area contributed by atoms with Gasteiger partial charge < -0.3 is 9.73 Å². The van der Waals surface area contributed by atoms with Gasteiger partial charge in [0, 0.05) is 29.2 Å². The van der Waals surface area contributed by atoms with E-state index in [2.05, 4.69) is 5.32 Å². The summed E-state index contributed by atoms with van der Waals surface area (Å²) in [6.45, 7) is 0.483. The normalized spacial score (nSPS) is 15.9. The third kappa shape index (κ3) is 2.52. The smallest absolute Gasteiger partial charge is 0.255 e. The number of sulfonamides is 1. The Hall–Kier alpha value is -2.80. The van der Waals surface area contributed by atoms with Gasteiger partial charge in [0.25, 0.3) is 5.91 Å². The minimum Gasteiger partial charge on any atom is -0.464 e. The molecule has 122 valence electrons. The Morgan fingerprint density at radius 2 is 1.88 bits per heavy atom. The molecule has 0 aliphatic carbocycles. The first-order valence-electron chi connectivity index (χ1n) is 7.42. The second-order valence-electron chi connectivity index (χ2n) is 5.56. The number of benzene rings is 2. The predicted molar refractivity (Wildman–Crippen MR) is 91.7 cm³/mol. The number of hydrogen-bond acceptors (Lipinski definition) is 4. The van der Waals surface area contributed by atoms with Gasteiger partial charge in [0.05, 0.1) is 17.7 Å². The first kappa shape index (κ1) is 14.8. The lowest BCUT2D eigenvalue weighted by Gasteiger charge is -2.32. The SMILES string of the molecule is O=C(Nc1ccc2ccoc2c1)c1ccc(N2CCS2(=O)=O)cc1. The van der Waals surface area contributed by atoms with E-state index in [1.165, 1.54) is 4.31 Å². The van der Waals surface area contributed by atoms with Crippen molar-refractivity contribution < 1.29 is 17.6 Å². The minimum absolute atomic E-state index is 0.171. The van der Waals surface area contributed by atoms with Crippen LogP contribution < -0.4 is 9.62 Å². The number of rotatable bonds is 3. The van der Waals surface area contributed by atoms with E-state index in [-0.39, 0.29) is 11.7 Å². The Bertz CT molecular complexity index is 1020. The second-order valence-corrected chi connectivity index (χ2v) is 7.58. The molecule has 24 heavy (non-hydrogen) atoms. The van der Waals surface area contributed by atoms with Crippen molar-refractivity contribution in [2.45, 2.75) is 0 Å². The monoisotopic (exact) mass is 342 g/mol. The van der Waals surface area contributed by atoms with E-state index >= 15 is 0 Å². The highest BCUT2D eigenvalue weighted by molar-refractivity contribution is 7.94. The van der Waals surface area contributed by atoms with Crippen LogP contribution in [-0.4, -0.2) is 26.6 Å². The average molecular weight is 342 g/mol. The number of amides is 1. The van der Waals surface area contributed by atoms with E-state index < -0.39 is 10.0 Å². The highest BCUT2D eigenvalue weighted by atomic mass is 32.2. The van der Waals surface area contributed by atoms with E-state index in [1.54, 1.807) is 42.7 Å². The number of carbonyl (C=O) groups excluding carboxylic acids is 1. The molecule has 6 nitrogen and oxygen atoms in total. The van der Waals surface area contributed by atoms with Crippen LogP contribution >= 0.6 is 0 Å². The van der Waals surface area contributed by atoms with Gasteiger partial charge in [-0.1, -0.05) is 0 Å². The Kier molecular flexibility index (Phi) is 3.31. The van der Waals surface area contributed by atoms with Gasteiger partial charge in [0.2, 0.25) is 10.0 Å². The lowest BCUT2D eigenvalue weighted by molar-refractivity contribution is 0.102. The van der Waals surface area contributed by atoms with E-state index in [0.29, 0.717) is 29.1 Å². The number of nitrogens with zero attached hydrogens (tertiary/aromatic N) is 1. The lowest BCUT2D eigenvalue weighted by Crippen LogP contribution is -2.47. The van der Waals surface area contributed by atoms with Crippen molar-refractivity contribution in [1.29, 1.82) is 0 Å².